The quantitative estimate of drug-likeness (QED) is 0.623. The van der Waals surface area contributed by atoms with Gasteiger partial charge in [0.2, 0.25) is 0 Å². The van der Waals surface area contributed by atoms with E-state index in [0.717, 1.165) is 18.4 Å². The molecule has 19 heavy (non-hydrogen) atoms. The average Bonchev–Trinajstić information content (AvgIpc) is 2.40. The Balaban J connectivity index is 2.10. The van der Waals surface area contributed by atoms with E-state index < -0.39 is 0 Å². The topological polar surface area (TPSA) is 37.3 Å². The Kier molecular flexibility index (Phi) is 7.95. The molecule has 1 rings (SSSR count). The van der Waals surface area contributed by atoms with Crippen molar-refractivity contribution in [3.05, 3.63) is 29.8 Å². The Bertz CT molecular complexity index is 371. The van der Waals surface area contributed by atoms with Gasteiger partial charge in [-0.1, -0.05) is 63.6 Å². The number of hydrogen-bond acceptors (Lipinski definition) is 2. The Labute approximate surface area is 116 Å². The molecule has 0 bridgehead atoms. The molecule has 0 aliphatic rings. The molecule has 1 aromatic rings. The van der Waals surface area contributed by atoms with Crippen molar-refractivity contribution in [2.75, 3.05) is 0 Å². The Morgan fingerprint density at radius 2 is 1.63 bits per heavy atom. The van der Waals surface area contributed by atoms with E-state index in [-0.39, 0.29) is 11.5 Å². The van der Waals surface area contributed by atoms with Crippen molar-refractivity contribution in [2.45, 2.75) is 64.7 Å². The number of Topliss-reactive ketones (excluding diaryl/α,β-unsaturated/α-hetero) is 1. The second-order valence-corrected chi connectivity index (χ2v) is 5.22. The second kappa shape index (κ2) is 9.60. The zero-order chi connectivity index (χ0) is 13.9. The van der Waals surface area contributed by atoms with Crippen LogP contribution in [-0.4, -0.2) is 10.9 Å². The first-order chi connectivity index (χ1) is 9.24. The average molecular weight is 262 g/mol. The number of hydrogen-bond donors (Lipinski definition) is 1. The molecule has 2 nitrogen and oxygen atoms in total. The van der Waals surface area contributed by atoms with Gasteiger partial charge in [-0.05, 0) is 12.5 Å². The van der Waals surface area contributed by atoms with Crippen LogP contribution in [0.2, 0.25) is 0 Å². The fourth-order valence-electron chi connectivity index (χ4n) is 2.24. The van der Waals surface area contributed by atoms with Gasteiger partial charge in [-0.15, -0.1) is 0 Å². The highest BCUT2D eigenvalue weighted by Crippen LogP contribution is 2.17. The third kappa shape index (κ3) is 7.00. The normalized spacial score (nSPS) is 10.6. The molecule has 0 aromatic heterocycles. The molecule has 0 unspecified atom stereocenters. The minimum absolute atomic E-state index is 0.232. The summed E-state index contributed by atoms with van der Waals surface area (Å²) in [5.74, 6) is 0.463. The van der Waals surface area contributed by atoms with Crippen molar-refractivity contribution < 1.29 is 9.90 Å². The van der Waals surface area contributed by atoms with Crippen LogP contribution in [0.5, 0.6) is 5.75 Å². The maximum atomic E-state index is 11.8. The van der Waals surface area contributed by atoms with Gasteiger partial charge in [0.25, 0.3) is 0 Å². The maximum Gasteiger partial charge on any atom is 0.137 e. The molecule has 0 saturated carbocycles. The Morgan fingerprint density at radius 1 is 1.00 bits per heavy atom. The number of phenolic OH excluding ortho intramolecular Hbond substituents is 1. The standard InChI is InChI=1S/C17H26O2/c1-2-3-4-5-6-7-8-12-16(18)14-15-11-9-10-13-17(15)19/h9-11,13,19H,2-8,12,14H2,1H3. The van der Waals surface area contributed by atoms with E-state index in [2.05, 4.69) is 6.92 Å². The van der Waals surface area contributed by atoms with Gasteiger partial charge < -0.3 is 5.11 Å². The monoisotopic (exact) mass is 262 g/mol. The van der Waals surface area contributed by atoms with Crippen LogP contribution >= 0.6 is 0 Å². The van der Waals surface area contributed by atoms with E-state index in [0.29, 0.717) is 12.8 Å². The predicted octanol–water partition coefficient (Wildman–Crippen LogP) is 4.64. The fraction of sp³-hybridized carbons (Fsp3) is 0.588. The van der Waals surface area contributed by atoms with Crippen LogP contribution in [0, 0.1) is 0 Å². The highest BCUT2D eigenvalue weighted by atomic mass is 16.3. The van der Waals surface area contributed by atoms with Crippen LogP contribution in [0.15, 0.2) is 24.3 Å². The Morgan fingerprint density at radius 3 is 2.32 bits per heavy atom. The van der Waals surface area contributed by atoms with Crippen LogP contribution in [0.4, 0.5) is 0 Å². The van der Waals surface area contributed by atoms with Crippen LogP contribution in [0.25, 0.3) is 0 Å². The molecule has 0 saturated heterocycles. The van der Waals surface area contributed by atoms with Crippen molar-refractivity contribution in [3.8, 4) is 5.75 Å². The van der Waals surface area contributed by atoms with Gasteiger partial charge in [-0.2, -0.15) is 0 Å². The van der Waals surface area contributed by atoms with Gasteiger partial charge >= 0.3 is 0 Å². The molecule has 0 fully saturated rings. The number of para-hydroxylation sites is 1. The SMILES string of the molecule is CCCCCCCCCC(=O)Cc1ccccc1O. The first kappa shape index (κ1) is 15.7. The molecule has 0 heterocycles. The van der Waals surface area contributed by atoms with Crippen LogP contribution in [-0.2, 0) is 11.2 Å². The first-order valence-electron chi connectivity index (χ1n) is 7.52. The van der Waals surface area contributed by atoms with Gasteiger partial charge in [0, 0.05) is 18.4 Å². The molecule has 0 aliphatic carbocycles. The van der Waals surface area contributed by atoms with E-state index in [1.807, 2.05) is 12.1 Å². The van der Waals surface area contributed by atoms with E-state index in [1.165, 1.54) is 32.1 Å². The van der Waals surface area contributed by atoms with Crippen molar-refractivity contribution >= 4 is 5.78 Å². The molecule has 0 amide bonds. The highest BCUT2D eigenvalue weighted by Gasteiger charge is 2.06. The predicted molar refractivity (Wildman–Crippen MR) is 79.4 cm³/mol. The molecule has 0 atom stereocenters. The largest absolute Gasteiger partial charge is 0.508 e. The van der Waals surface area contributed by atoms with Crippen LogP contribution < -0.4 is 0 Å². The highest BCUT2D eigenvalue weighted by molar-refractivity contribution is 5.81. The summed E-state index contributed by atoms with van der Waals surface area (Å²) in [5.41, 5.74) is 0.746. The lowest BCUT2D eigenvalue weighted by atomic mass is 10.0. The van der Waals surface area contributed by atoms with E-state index in [1.54, 1.807) is 12.1 Å². The fourth-order valence-corrected chi connectivity index (χ4v) is 2.24. The molecule has 0 aliphatic heterocycles. The van der Waals surface area contributed by atoms with Crippen LogP contribution in [0.3, 0.4) is 0 Å². The third-order valence-corrected chi connectivity index (χ3v) is 3.44. The number of carbonyl (C=O) groups excluding carboxylic acids is 1. The number of unbranched alkanes of at least 4 members (excludes halogenated alkanes) is 6. The van der Waals surface area contributed by atoms with Gasteiger partial charge in [-0.3, -0.25) is 4.79 Å². The van der Waals surface area contributed by atoms with Crippen LogP contribution in [0.1, 0.15) is 63.9 Å². The van der Waals surface area contributed by atoms with E-state index >= 15 is 0 Å². The molecular weight excluding hydrogens is 236 g/mol. The second-order valence-electron chi connectivity index (χ2n) is 5.22. The Hall–Kier alpha value is -1.31. The van der Waals surface area contributed by atoms with Gasteiger partial charge in [0.1, 0.15) is 11.5 Å². The van der Waals surface area contributed by atoms with E-state index in [9.17, 15) is 9.90 Å². The minimum Gasteiger partial charge on any atom is -0.508 e. The summed E-state index contributed by atoms with van der Waals surface area (Å²) < 4.78 is 0. The smallest absolute Gasteiger partial charge is 0.137 e. The summed E-state index contributed by atoms with van der Waals surface area (Å²) >= 11 is 0. The summed E-state index contributed by atoms with van der Waals surface area (Å²) in [5, 5.41) is 9.60. The summed E-state index contributed by atoms with van der Waals surface area (Å²) in [4.78, 5) is 11.8. The molecule has 106 valence electrons. The first-order valence-corrected chi connectivity index (χ1v) is 7.52. The van der Waals surface area contributed by atoms with Crippen molar-refractivity contribution in [1.29, 1.82) is 0 Å². The number of aromatic hydroxyl groups is 1. The van der Waals surface area contributed by atoms with Gasteiger partial charge in [0.05, 0.1) is 0 Å². The lowest BCUT2D eigenvalue weighted by molar-refractivity contribution is -0.118. The summed E-state index contributed by atoms with van der Waals surface area (Å²) in [6.07, 6.45) is 9.60. The summed E-state index contributed by atoms with van der Waals surface area (Å²) in [6.45, 7) is 2.22. The van der Waals surface area contributed by atoms with Crippen molar-refractivity contribution in [3.63, 3.8) is 0 Å². The van der Waals surface area contributed by atoms with E-state index in [4.69, 9.17) is 0 Å². The maximum absolute atomic E-state index is 11.8. The molecular formula is C17H26O2. The zero-order valence-corrected chi connectivity index (χ0v) is 12.0. The van der Waals surface area contributed by atoms with Gasteiger partial charge in [-0.25, -0.2) is 0 Å². The van der Waals surface area contributed by atoms with Crippen molar-refractivity contribution in [1.82, 2.24) is 0 Å². The number of ketones is 1. The number of rotatable bonds is 10. The molecule has 1 N–H and O–H groups in total. The third-order valence-electron chi connectivity index (χ3n) is 3.44. The number of benzene rings is 1. The number of carbonyl (C=O) groups is 1. The lowest BCUT2D eigenvalue weighted by Crippen LogP contribution is -2.02. The number of phenols is 1. The van der Waals surface area contributed by atoms with Gasteiger partial charge in [0.15, 0.2) is 0 Å². The minimum atomic E-state index is 0.232. The molecule has 0 spiro atoms. The lowest BCUT2D eigenvalue weighted by Gasteiger charge is -2.04. The summed E-state index contributed by atoms with van der Waals surface area (Å²) in [6, 6.07) is 7.09. The zero-order valence-electron chi connectivity index (χ0n) is 12.0. The summed E-state index contributed by atoms with van der Waals surface area (Å²) in [7, 11) is 0. The molecule has 0 radical (unpaired) electrons. The molecule has 1 aromatic carbocycles. The molecule has 2 heteroatoms. The van der Waals surface area contributed by atoms with Crippen molar-refractivity contribution in [2.24, 2.45) is 0 Å².